The lowest BCUT2D eigenvalue weighted by Crippen LogP contribution is -2.21. The van der Waals surface area contributed by atoms with Crippen LogP contribution in [0.3, 0.4) is 0 Å². The van der Waals surface area contributed by atoms with Gasteiger partial charge in [0, 0.05) is 24.2 Å². The summed E-state index contributed by atoms with van der Waals surface area (Å²) in [6, 6.07) is 13.2. The molecule has 0 amide bonds. The number of fused-ring (bicyclic) bond motifs is 2. The first-order chi connectivity index (χ1) is 13.6. The maximum Gasteiger partial charge on any atom is 0.166 e. The highest BCUT2D eigenvalue weighted by Crippen LogP contribution is 2.34. The van der Waals surface area contributed by atoms with Gasteiger partial charge in [0.05, 0.1) is 17.5 Å². The highest BCUT2D eigenvalue weighted by molar-refractivity contribution is 5.99. The Morgan fingerprint density at radius 1 is 0.964 bits per heavy atom. The number of rotatable bonds is 2. The fourth-order valence-electron chi connectivity index (χ4n) is 3.84. The van der Waals surface area contributed by atoms with E-state index >= 15 is 0 Å². The molecule has 138 valence electrons. The van der Waals surface area contributed by atoms with Crippen LogP contribution in [0.15, 0.2) is 60.9 Å². The quantitative estimate of drug-likeness (QED) is 0.515. The van der Waals surface area contributed by atoms with Gasteiger partial charge in [0.15, 0.2) is 11.4 Å². The van der Waals surface area contributed by atoms with Gasteiger partial charge >= 0.3 is 0 Å². The van der Waals surface area contributed by atoms with E-state index in [0.29, 0.717) is 28.9 Å². The third kappa shape index (κ3) is 2.78. The number of halogens is 2. The molecule has 1 atom stereocenters. The van der Waals surface area contributed by atoms with Crippen molar-refractivity contribution in [1.29, 1.82) is 0 Å². The summed E-state index contributed by atoms with van der Waals surface area (Å²) in [5, 5.41) is 4.34. The number of nitrogens with zero attached hydrogens (tertiary/aromatic N) is 3. The fourth-order valence-corrected chi connectivity index (χ4v) is 3.84. The lowest BCUT2D eigenvalue weighted by molar-refractivity contribution is 0.0962. The summed E-state index contributed by atoms with van der Waals surface area (Å²) in [6.45, 7) is 0. The van der Waals surface area contributed by atoms with Crippen LogP contribution in [0, 0.1) is 11.6 Å². The van der Waals surface area contributed by atoms with Crippen LogP contribution in [0.25, 0.3) is 16.8 Å². The van der Waals surface area contributed by atoms with Crippen LogP contribution in [0.4, 0.5) is 8.78 Å². The highest BCUT2D eigenvalue weighted by atomic mass is 19.1. The second-order valence-electron chi connectivity index (χ2n) is 7.02. The number of aromatic nitrogens is 3. The summed E-state index contributed by atoms with van der Waals surface area (Å²) in [4.78, 5) is 17.4. The molecule has 28 heavy (non-hydrogen) atoms. The predicted molar refractivity (Wildman–Crippen MR) is 100 cm³/mol. The van der Waals surface area contributed by atoms with E-state index in [-0.39, 0.29) is 18.1 Å². The van der Waals surface area contributed by atoms with E-state index in [1.807, 2.05) is 30.3 Å². The van der Waals surface area contributed by atoms with E-state index in [2.05, 4.69) is 5.10 Å². The predicted octanol–water partition coefficient (Wildman–Crippen LogP) is 4.59. The molecule has 0 saturated carbocycles. The van der Waals surface area contributed by atoms with Gasteiger partial charge in [-0.1, -0.05) is 30.3 Å². The van der Waals surface area contributed by atoms with Gasteiger partial charge in [0.1, 0.15) is 11.6 Å². The molecule has 0 N–H and O–H groups in total. The van der Waals surface area contributed by atoms with Crippen LogP contribution in [0.2, 0.25) is 0 Å². The Kier molecular flexibility index (Phi) is 3.79. The normalized spacial score (nSPS) is 16.4. The number of carbonyl (C=O) groups is 1. The summed E-state index contributed by atoms with van der Waals surface area (Å²) in [5.41, 5.74) is 4.14. The Balaban J connectivity index is 1.60. The summed E-state index contributed by atoms with van der Waals surface area (Å²) < 4.78 is 28.9. The SMILES string of the molecule is O=C1CC(c2cc(F)cc(F)c2)Cc2nc3c(-c4ccccc4)cnn3cc21. The average Bonchev–Trinajstić information content (AvgIpc) is 3.09. The Labute approximate surface area is 159 Å². The molecule has 0 spiro atoms. The first-order valence-corrected chi connectivity index (χ1v) is 9.00. The molecular formula is C22H15F2N3O. The summed E-state index contributed by atoms with van der Waals surface area (Å²) >= 11 is 0. The highest BCUT2D eigenvalue weighted by Gasteiger charge is 2.29. The van der Waals surface area contributed by atoms with Crippen molar-refractivity contribution in [3.8, 4) is 11.1 Å². The third-order valence-corrected chi connectivity index (χ3v) is 5.19. The van der Waals surface area contributed by atoms with E-state index in [1.165, 1.54) is 12.1 Å². The van der Waals surface area contributed by atoms with E-state index in [0.717, 1.165) is 17.2 Å². The minimum atomic E-state index is -0.640. The van der Waals surface area contributed by atoms with E-state index in [4.69, 9.17) is 4.98 Å². The monoisotopic (exact) mass is 375 g/mol. The number of hydrogen-bond donors (Lipinski definition) is 0. The largest absolute Gasteiger partial charge is 0.294 e. The molecule has 0 fully saturated rings. The lowest BCUT2D eigenvalue weighted by atomic mass is 9.82. The molecule has 2 heterocycles. The van der Waals surface area contributed by atoms with Crippen molar-refractivity contribution in [2.45, 2.75) is 18.8 Å². The van der Waals surface area contributed by atoms with Crippen LogP contribution < -0.4 is 0 Å². The van der Waals surface area contributed by atoms with Crippen LogP contribution in [0.5, 0.6) is 0 Å². The van der Waals surface area contributed by atoms with Gasteiger partial charge < -0.3 is 0 Å². The van der Waals surface area contributed by atoms with Crippen molar-refractivity contribution in [2.75, 3.05) is 0 Å². The fraction of sp³-hybridized carbons (Fsp3) is 0.136. The van der Waals surface area contributed by atoms with Gasteiger partial charge in [-0.3, -0.25) is 4.79 Å². The summed E-state index contributed by atoms with van der Waals surface area (Å²) in [6.07, 6.45) is 4.07. The van der Waals surface area contributed by atoms with Gasteiger partial charge in [-0.25, -0.2) is 18.3 Å². The molecule has 0 radical (unpaired) electrons. The maximum absolute atomic E-state index is 13.6. The molecule has 1 aliphatic rings. The van der Waals surface area contributed by atoms with Crippen LogP contribution in [-0.2, 0) is 6.42 Å². The number of ketones is 1. The van der Waals surface area contributed by atoms with Crippen LogP contribution in [0.1, 0.15) is 34.0 Å². The van der Waals surface area contributed by atoms with Crippen molar-refractivity contribution in [1.82, 2.24) is 14.6 Å². The molecule has 0 saturated heterocycles. The number of carbonyl (C=O) groups excluding carboxylic acids is 1. The number of benzene rings is 2. The van der Waals surface area contributed by atoms with Crippen LogP contribution in [-0.4, -0.2) is 20.4 Å². The molecule has 1 aliphatic carbocycles. The van der Waals surface area contributed by atoms with Crippen molar-refractivity contribution >= 4 is 11.4 Å². The number of hydrogen-bond acceptors (Lipinski definition) is 3. The molecule has 0 bridgehead atoms. The average molecular weight is 375 g/mol. The van der Waals surface area contributed by atoms with Gasteiger partial charge in [0.25, 0.3) is 0 Å². The van der Waals surface area contributed by atoms with E-state index < -0.39 is 11.6 Å². The molecule has 4 nitrogen and oxygen atoms in total. The van der Waals surface area contributed by atoms with Crippen molar-refractivity contribution in [2.24, 2.45) is 0 Å². The second-order valence-corrected chi connectivity index (χ2v) is 7.02. The van der Waals surface area contributed by atoms with Gasteiger partial charge in [-0.05, 0) is 35.6 Å². The zero-order valence-corrected chi connectivity index (χ0v) is 14.8. The number of Topliss-reactive ketones (excluding diaryl/α,β-unsaturated/α-hetero) is 1. The van der Waals surface area contributed by atoms with Crippen molar-refractivity contribution in [3.63, 3.8) is 0 Å². The maximum atomic E-state index is 13.6. The molecule has 2 aromatic carbocycles. The molecule has 4 aromatic rings. The zero-order valence-electron chi connectivity index (χ0n) is 14.8. The summed E-state index contributed by atoms with van der Waals surface area (Å²) in [7, 11) is 0. The van der Waals surface area contributed by atoms with Crippen molar-refractivity contribution < 1.29 is 13.6 Å². The van der Waals surface area contributed by atoms with E-state index in [9.17, 15) is 13.6 Å². The minimum Gasteiger partial charge on any atom is -0.294 e. The first-order valence-electron chi connectivity index (χ1n) is 9.00. The third-order valence-electron chi connectivity index (χ3n) is 5.19. The van der Waals surface area contributed by atoms with Gasteiger partial charge in [-0.2, -0.15) is 5.10 Å². The lowest BCUT2D eigenvalue weighted by Gasteiger charge is -2.23. The molecular weight excluding hydrogens is 360 g/mol. The Morgan fingerprint density at radius 2 is 1.71 bits per heavy atom. The smallest absolute Gasteiger partial charge is 0.166 e. The molecule has 0 aliphatic heterocycles. The first kappa shape index (κ1) is 16.7. The summed E-state index contributed by atoms with van der Waals surface area (Å²) in [5.74, 6) is -1.68. The topological polar surface area (TPSA) is 47.3 Å². The van der Waals surface area contributed by atoms with Crippen LogP contribution >= 0.6 is 0 Å². The Morgan fingerprint density at radius 3 is 2.46 bits per heavy atom. The minimum absolute atomic E-state index is 0.0953. The standard InChI is InChI=1S/C22H15F2N3O/c23-16-6-14(7-17(24)10-16)15-8-20-19(21(28)9-15)12-27-22(26-20)18(11-25-27)13-4-2-1-3-5-13/h1-7,10-12,15H,8-9H2. The van der Waals surface area contributed by atoms with Gasteiger partial charge in [0.2, 0.25) is 0 Å². The van der Waals surface area contributed by atoms with Crippen molar-refractivity contribution in [3.05, 3.63) is 89.4 Å². The Hall–Kier alpha value is -3.41. The molecule has 2 aromatic heterocycles. The van der Waals surface area contributed by atoms with Gasteiger partial charge in [-0.15, -0.1) is 0 Å². The zero-order chi connectivity index (χ0) is 19.3. The molecule has 5 rings (SSSR count). The second kappa shape index (κ2) is 6.34. The molecule has 6 heteroatoms. The Bertz CT molecular complexity index is 1200. The molecule has 1 unspecified atom stereocenters. The van der Waals surface area contributed by atoms with E-state index in [1.54, 1.807) is 16.9 Å².